The molecule has 1 unspecified atom stereocenters. The van der Waals surface area contributed by atoms with Gasteiger partial charge in [-0.15, -0.1) is 0 Å². The number of allylic oxidation sites excluding steroid dienone is 4. The van der Waals surface area contributed by atoms with Crippen LogP contribution in [0.4, 0.5) is 0 Å². The molecule has 2 nitrogen and oxygen atoms in total. The van der Waals surface area contributed by atoms with Crippen LogP contribution < -0.4 is 0 Å². The van der Waals surface area contributed by atoms with E-state index in [0.717, 1.165) is 45.2 Å². The molecule has 3 rings (SSSR count). The lowest BCUT2D eigenvalue weighted by atomic mass is 9.94. The van der Waals surface area contributed by atoms with Crippen molar-refractivity contribution in [1.29, 1.82) is 0 Å². The van der Waals surface area contributed by atoms with Gasteiger partial charge in [0.2, 0.25) is 0 Å². The minimum atomic E-state index is -0.433. The Labute approximate surface area is 188 Å². The van der Waals surface area contributed by atoms with Gasteiger partial charge in [0.1, 0.15) is 6.29 Å². The average Bonchev–Trinajstić information content (AvgIpc) is 3.23. The first-order valence-corrected chi connectivity index (χ1v) is 11.4. The molecule has 2 aromatic carbocycles. The van der Waals surface area contributed by atoms with E-state index in [-0.39, 0.29) is 0 Å². The molecular weight excluding hydrogens is 378 g/mol. The van der Waals surface area contributed by atoms with E-state index >= 15 is 0 Å². The van der Waals surface area contributed by atoms with E-state index in [9.17, 15) is 4.79 Å². The van der Waals surface area contributed by atoms with Crippen LogP contribution in [0.5, 0.6) is 0 Å². The summed E-state index contributed by atoms with van der Waals surface area (Å²) in [5.74, 6) is 0. The number of carbonyl (C=O) groups excluding carboxylic acids is 1. The first-order chi connectivity index (χ1) is 15.1. The number of hydrogen-bond donors (Lipinski definition) is 0. The second-order valence-electron chi connectivity index (χ2n) is 8.61. The minimum absolute atomic E-state index is 0.433. The quantitative estimate of drug-likeness (QED) is 0.319. The second-order valence-corrected chi connectivity index (χ2v) is 8.61. The van der Waals surface area contributed by atoms with Gasteiger partial charge in [0.05, 0.1) is 5.54 Å². The molecule has 0 bridgehead atoms. The van der Waals surface area contributed by atoms with E-state index in [1.165, 1.54) is 34.1 Å². The van der Waals surface area contributed by atoms with Gasteiger partial charge in [-0.05, 0) is 61.3 Å². The van der Waals surface area contributed by atoms with Crippen molar-refractivity contribution in [2.24, 2.45) is 0 Å². The summed E-state index contributed by atoms with van der Waals surface area (Å²) in [5.41, 5.74) is 6.06. The smallest absolute Gasteiger partial charge is 0.140 e. The average molecular weight is 414 g/mol. The molecule has 1 fully saturated rings. The van der Waals surface area contributed by atoms with E-state index < -0.39 is 5.54 Å². The first-order valence-electron chi connectivity index (χ1n) is 11.4. The SMILES string of the molecule is C=C/C(CC)=C(C)/C=C1/CCC(C=O)(N(CCc2ccccc2)Cc2ccccc2)C1. The van der Waals surface area contributed by atoms with Gasteiger partial charge in [0.15, 0.2) is 0 Å². The molecule has 1 aliphatic rings. The molecular formula is C29H35NO. The van der Waals surface area contributed by atoms with Crippen LogP contribution >= 0.6 is 0 Å². The Morgan fingerprint density at radius 1 is 1.06 bits per heavy atom. The lowest BCUT2D eigenvalue weighted by Crippen LogP contribution is -2.48. The van der Waals surface area contributed by atoms with Crippen molar-refractivity contribution >= 4 is 6.29 Å². The van der Waals surface area contributed by atoms with Crippen LogP contribution in [0, 0.1) is 0 Å². The summed E-state index contributed by atoms with van der Waals surface area (Å²) in [6.45, 7) is 9.93. The maximum atomic E-state index is 12.6. The molecule has 0 heterocycles. The number of benzene rings is 2. The molecule has 1 atom stereocenters. The molecule has 31 heavy (non-hydrogen) atoms. The number of hydrogen-bond acceptors (Lipinski definition) is 2. The van der Waals surface area contributed by atoms with Crippen LogP contribution in [0.1, 0.15) is 50.7 Å². The molecule has 1 aliphatic carbocycles. The van der Waals surface area contributed by atoms with E-state index in [1.54, 1.807) is 0 Å². The summed E-state index contributed by atoms with van der Waals surface area (Å²) in [6.07, 6.45) is 10.1. The summed E-state index contributed by atoms with van der Waals surface area (Å²) in [4.78, 5) is 15.0. The summed E-state index contributed by atoms with van der Waals surface area (Å²) in [7, 11) is 0. The van der Waals surface area contributed by atoms with E-state index in [1.807, 2.05) is 12.1 Å². The Balaban J connectivity index is 1.85. The van der Waals surface area contributed by atoms with Crippen molar-refractivity contribution < 1.29 is 4.79 Å². The number of aldehydes is 1. The van der Waals surface area contributed by atoms with Crippen LogP contribution in [-0.2, 0) is 17.8 Å². The predicted octanol–water partition coefficient (Wildman–Crippen LogP) is 6.69. The Bertz CT molecular complexity index is 926. The molecule has 0 aromatic heterocycles. The fourth-order valence-corrected chi connectivity index (χ4v) is 4.67. The lowest BCUT2D eigenvalue weighted by Gasteiger charge is -2.37. The lowest BCUT2D eigenvalue weighted by molar-refractivity contribution is -0.118. The van der Waals surface area contributed by atoms with Gasteiger partial charge in [0.25, 0.3) is 0 Å². The summed E-state index contributed by atoms with van der Waals surface area (Å²) >= 11 is 0. The third-order valence-corrected chi connectivity index (χ3v) is 6.55. The second kappa shape index (κ2) is 11.1. The minimum Gasteiger partial charge on any atom is -0.301 e. The molecule has 2 heteroatoms. The van der Waals surface area contributed by atoms with Gasteiger partial charge in [0, 0.05) is 13.1 Å². The highest BCUT2D eigenvalue weighted by Crippen LogP contribution is 2.39. The summed E-state index contributed by atoms with van der Waals surface area (Å²) in [6, 6.07) is 21.1. The van der Waals surface area contributed by atoms with Gasteiger partial charge in [-0.2, -0.15) is 0 Å². The molecule has 0 N–H and O–H groups in total. The van der Waals surface area contributed by atoms with Crippen LogP contribution in [0.2, 0.25) is 0 Å². The normalized spacial score (nSPS) is 20.7. The topological polar surface area (TPSA) is 20.3 Å². The first kappa shape index (κ1) is 23.0. The maximum Gasteiger partial charge on any atom is 0.140 e. The molecule has 162 valence electrons. The maximum absolute atomic E-state index is 12.6. The Morgan fingerprint density at radius 3 is 2.29 bits per heavy atom. The van der Waals surface area contributed by atoms with Crippen molar-refractivity contribution in [1.82, 2.24) is 4.90 Å². The summed E-state index contributed by atoms with van der Waals surface area (Å²) < 4.78 is 0. The molecule has 0 saturated heterocycles. The highest BCUT2D eigenvalue weighted by Gasteiger charge is 2.41. The number of nitrogens with zero attached hydrogens (tertiary/aromatic N) is 1. The third-order valence-electron chi connectivity index (χ3n) is 6.55. The van der Waals surface area contributed by atoms with Crippen molar-refractivity contribution in [3.8, 4) is 0 Å². The van der Waals surface area contributed by atoms with Crippen molar-refractivity contribution in [2.45, 2.75) is 58.0 Å². The highest BCUT2D eigenvalue weighted by molar-refractivity contribution is 5.67. The molecule has 1 saturated carbocycles. The van der Waals surface area contributed by atoms with Gasteiger partial charge < -0.3 is 4.79 Å². The van der Waals surface area contributed by atoms with Crippen LogP contribution in [0.15, 0.2) is 96.1 Å². The van der Waals surface area contributed by atoms with Crippen LogP contribution in [-0.4, -0.2) is 23.3 Å². The third kappa shape index (κ3) is 5.92. The fourth-order valence-electron chi connectivity index (χ4n) is 4.67. The Kier molecular flexibility index (Phi) is 8.20. The van der Waals surface area contributed by atoms with Gasteiger partial charge in [-0.25, -0.2) is 0 Å². The standard InChI is InChI=1S/C29H35NO/c1-4-28(5-2)24(3)20-27-16-18-29(21-27,23-31)30(22-26-14-10-7-11-15-26)19-17-25-12-8-6-9-13-25/h4,6-15,20,23H,1,5,16-19,21-22H2,2-3H3/b27-20-,28-24-. The van der Waals surface area contributed by atoms with Gasteiger partial charge >= 0.3 is 0 Å². The van der Waals surface area contributed by atoms with Gasteiger partial charge in [-0.3, -0.25) is 4.90 Å². The van der Waals surface area contributed by atoms with E-state index in [4.69, 9.17) is 0 Å². The molecule has 0 spiro atoms. The molecule has 0 radical (unpaired) electrons. The van der Waals surface area contributed by atoms with Crippen molar-refractivity contribution in [2.75, 3.05) is 6.54 Å². The summed E-state index contributed by atoms with van der Waals surface area (Å²) in [5, 5.41) is 0. The number of carbonyl (C=O) groups is 1. The van der Waals surface area contributed by atoms with Crippen LogP contribution in [0.3, 0.4) is 0 Å². The van der Waals surface area contributed by atoms with Gasteiger partial charge in [-0.1, -0.05) is 91.9 Å². The molecule has 0 amide bonds. The fraction of sp³-hybridized carbons (Fsp3) is 0.345. The molecule has 0 aliphatic heterocycles. The van der Waals surface area contributed by atoms with Crippen LogP contribution in [0.25, 0.3) is 0 Å². The largest absolute Gasteiger partial charge is 0.301 e. The van der Waals surface area contributed by atoms with E-state index in [2.05, 4.69) is 86.0 Å². The van der Waals surface area contributed by atoms with E-state index in [0.29, 0.717) is 0 Å². The van der Waals surface area contributed by atoms with Crippen molar-refractivity contribution in [3.63, 3.8) is 0 Å². The zero-order chi connectivity index (χ0) is 22.1. The molecule has 2 aromatic rings. The van der Waals surface area contributed by atoms with Crippen molar-refractivity contribution in [3.05, 3.63) is 107 Å². The number of rotatable bonds is 10. The zero-order valence-corrected chi connectivity index (χ0v) is 19.0. The monoisotopic (exact) mass is 413 g/mol. The highest BCUT2D eigenvalue weighted by atomic mass is 16.1. The zero-order valence-electron chi connectivity index (χ0n) is 19.0. The predicted molar refractivity (Wildman–Crippen MR) is 131 cm³/mol. The Morgan fingerprint density at radius 2 is 1.71 bits per heavy atom. The Hall–Kier alpha value is -2.71.